The van der Waals surface area contributed by atoms with E-state index in [1.54, 1.807) is 6.26 Å². The first kappa shape index (κ1) is 11.5. The molecule has 3 rings (SSSR count). The Morgan fingerprint density at radius 2 is 2.44 bits per heavy atom. The number of furan rings is 1. The second-order valence-electron chi connectivity index (χ2n) is 4.50. The van der Waals surface area contributed by atoms with E-state index in [-0.39, 0.29) is 5.91 Å². The molecule has 1 amide bonds. The van der Waals surface area contributed by atoms with Gasteiger partial charge in [0.05, 0.1) is 23.5 Å². The van der Waals surface area contributed by atoms with E-state index in [1.807, 2.05) is 19.1 Å². The summed E-state index contributed by atoms with van der Waals surface area (Å²) in [6, 6.07) is 3.65. The molecule has 1 aliphatic carbocycles. The van der Waals surface area contributed by atoms with Crippen LogP contribution in [0.15, 0.2) is 22.8 Å². The van der Waals surface area contributed by atoms with Gasteiger partial charge in [-0.1, -0.05) is 0 Å². The van der Waals surface area contributed by atoms with Crippen molar-refractivity contribution in [3.63, 3.8) is 0 Å². The van der Waals surface area contributed by atoms with Gasteiger partial charge in [0.15, 0.2) is 0 Å². The Kier molecular flexibility index (Phi) is 2.91. The monoisotopic (exact) mass is 262 g/mol. The van der Waals surface area contributed by atoms with Crippen molar-refractivity contribution in [3.05, 3.63) is 39.7 Å². The van der Waals surface area contributed by atoms with E-state index in [9.17, 15) is 4.79 Å². The minimum absolute atomic E-state index is 0.0618. The summed E-state index contributed by atoms with van der Waals surface area (Å²) in [5.41, 5.74) is 0.832. The molecule has 0 unspecified atom stereocenters. The van der Waals surface area contributed by atoms with Crippen LogP contribution in [0.2, 0.25) is 0 Å². The second-order valence-corrected chi connectivity index (χ2v) is 5.53. The predicted octanol–water partition coefficient (Wildman–Crippen LogP) is 2.85. The lowest BCUT2D eigenvalue weighted by molar-refractivity contribution is 0.0951. The van der Waals surface area contributed by atoms with E-state index in [0.29, 0.717) is 12.5 Å². The molecular formula is C13H14N2O2S. The van der Waals surface area contributed by atoms with E-state index in [4.69, 9.17) is 4.42 Å². The van der Waals surface area contributed by atoms with E-state index in [0.717, 1.165) is 21.3 Å². The number of rotatable bonds is 4. The molecule has 1 fully saturated rings. The molecule has 94 valence electrons. The minimum Gasteiger partial charge on any atom is -0.467 e. The molecule has 1 saturated carbocycles. The zero-order valence-corrected chi connectivity index (χ0v) is 10.9. The van der Waals surface area contributed by atoms with Gasteiger partial charge in [0.1, 0.15) is 10.6 Å². The molecule has 0 spiro atoms. The number of aryl methyl sites for hydroxylation is 1. The highest BCUT2D eigenvalue weighted by Gasteiger charge is 2.28. The van der Waals surface area contributed by atoms with Gasteiger partial charge in [-0.2, -0.15) is 0 Å². The SMILES string of the molecule is Cc1nc(C2CC2)sc1C(=O)NCc1ccco1. The maximum absolute atomic E-state index is 12.0. The smallest absolute Gasteiger partial charge is 0.263 e. The van der Waals surface area contributed by atoms with Crippen LogP contribution in [0, 0.1) is 6.92 Å². The average molecular weight is 262 g/mol. The van der Waals surface area contributed by atoms with Gasteiger partial charge in [-0.3, -0.25) is 4.79 Å². The summed E-state index contributed by atoms with van der Waals surface area (Å²) in [6.07, 6.45) is 4.02. The zero-order valence-electron chi connectivity index (χ0n) is 10.1. The summed E-state index contributed by atoms with van der Waals surface area (Å²) < 4.78 is 5.18. The number of hydrogen-bond acceptors (Lipinski definition) is 4. The van der Waals surface area contributed by atoms with Gasteiger partial charge in [-0.05, 0) is 31.9 Å². The van der Waals surface area contributed by atoms with Crippen molar-refractivity contribution in [1.29, 1.82) is 0 Å². The van der Waals surface area contributed by atoms with Crippen molar-refractivity contribution in [2.45, 2.75) is 32.2 Å². The Bertz CT molecular complexity index is 556. The molecular weight excluding hydrogens is 248 g/mol. The first-order chi connectivity index (χ1) is 8.74. The van der Waals surface area contributed by atoms with E-state index in [1.165, 1.54) is 24.2 Å². The van der Waals surface area contributed by atoms with Gasteiger partial charge in [-0.25, -0.2) is 4.98 Å². The minimum atomic E-state index is -0.0618. The van der Waals surface area contributed by atoms with Crippen LogP contribution in [0.4, 0.5) is 0 Å². The van der Waals surface area contributed by atoms with Gasteiger partial charge < -0.3 is 9.73 Å². The lowest BCUT2D eigenvalue weighted by Crippen LogP contribution is -2.22. The third-order valence-electron chi connectivity index (χ3n) is 2.95. The van der Waals surface area contributed by atoms with Gasteiger partial charge in [0.25, 0.3) is 5.91 Å². The van der Waals surface area contributed by atoms with Crippen LogP contribution in [0.3, 0.4) is 0 Å². The zero-order chi connectivity index (χ0) is 12.5. The maximum Gasteiger partial charge on any atom is 0.263 e. The predicted molar refractivity (Wildman–Crippen MR) is 68.7 cm³/mol. The second kappa shape index (κ2) is 4.57. The molecule has 0 atom stereocenters. The average Bonchev–Trinajstić information content (AvgIpc) is 2.94. The fourth-order valence-electron chi connectivity index (χ4n) is 1.79. The van der Waals surface area contributed by atoms with Crippen LogP contribution < -0.4 is 5.32 Å². The quantitative estimate of drug-likeness (QED) is 0.921. The van der Waals surface area contributed by atoms with Crippen molar-refractivity contribution in [3.8, 4) is 0 Å². The van der Waals surface area contributed by atoms with E-state index in [2.05, 4.69) is 10.3 Å². The van der Waals surface area contributed by atoms with Gasteiger partial charge in [0, 0.05) is 5.92 Å². The summed E-state index contributed by atoms with van der Waals surface area (Å²) in [5.74, 6) is 1.29. The fraction of sp³-hybridized carbons (Fsp3) is 0.385. The van der Waals surface area contributed by atoms with Gasteiger partial charge in [0.2, 0.25) is 0 Å². The summed E-state index contributed by atoms with van der Waals surface area (Å²) in [6.45, 7) is 2.31. The summed E-state index contributed by atoms with van der Waals surface area (Å²) in [4.78, 5) is 17.2. The molecule has 0 aliphatic heterocycles. The van der Waals surface area contributed by atoms with Crippen LogP contribution >= 0.6 is 11.3 Å². The van der Waals surface area contributed by atoms with Crippen LogP contribution in [0.1, 0.15) is 44.9 Å². The normalized spacial score (nSPS) is 14.7. The molecule has 0 bridgehead atoms. The van der Waals surface area contributed by atoms with Crippen molar-refractivity contribution in [1.82, 2.24) is 10.3 Å². The third-order valence-corrected chi connectivity index (χ3v) is 4.27. The van der Waals surface area contributed by atoms with Crippen LogP contribution in [-0.2, 0) is 6.54 Å². The summed E-state index contributed by atoms with van der Waals surface area (Å²) in [5, 5.41) is 3.96. The molecule has 2 aromatic rings. The van der Waals surface area contributed by atoms with Crippen LogP contribution in [0.5, 0.6) is 0 Å². The number of carbonyl (C=O) groups excluding carboxylic acids is 1. The fourth-order valence-corrected chi connectivity index (χ4v) is 2.95. The molecule has 18 heavy (non-hydrogen) atoms. The van der Waals surface area contributed by atoms with E-state index >= 15 is 0 Å². The Labute approximate surface area is 109 Å². The number of nitrogens with one attached hydrogen (secondary N) is 1. The molecule has 0 radical (unpaired) electrons. The highest BCUT2D eigenvalue weighted by molar-refractivity contribution is 7.13. The molecule has 0 saturated heterocycles. The highest BCUT2D eigenvalue weighted by atomic mass is 32.1. The summed E-state index contributed by atoms with van der Waals surface area (Å²) >= 11 is 1.52. The topological polar surface area (TPSA) is 55.1 Å². The summed E-state index contributed by atoms with van der Waals surface area (Å²) in [7, 11) is 0. The molecule has 1 aliphatic rings. The maximum atomic E-state index is 12.0. The Morgan fingerprint density at radius 3 is 3.11 bits per heavy atom. The molecule has 2 heterocycles. The third kappa shape index (κ3) is 2.31. The van der Waals surface area contributed by atoms with Crippen molar-refractivity contribution in [2.24, 2.45) is 0 Å². The molecule has 0 aromatic carbocycles. The number of carbonyl (C=O) groups is 1. The molecule has 1 N–H and O–H groups in total. The van der Waals surface area contributed by atoms with E-state index < -0.39 is 0 Å². The number of nitrogens with zero attached hydrogens (tertiary/aromatic N) is 1. The Balaban J connectivity index is 1.67. The van der Waals surface area contributed by atoms with Crippen LogP contribution in [0.25, 0.3) is 0 Å². The van der Waals surface area contributed by atoms with Crippen molar-refractivity contribution < 1.29 is 9.21 Å². The number of hydrogen-bond donors (Lipinski definition) is 1. The standard InChI is InChI=1S/C13H14N2O2S/c1-8-11(18-13(15-8)9-4-5-9)12(16)14-7-10-3-2-6-17-10/h2-3,6,9H,4-5,7H2,1H3,(H,14,16). The van der Waals surface area contributed by atoms with Gasteiger partial charge in [-0.15, -0.1) is 11.3 Å². The van der Waals surface area contributed by atoms with Crippen molar-refractivity contribution >= 4 is 17.2 Å². The highest BCUT2D eigenvalue weighted by Crippen LogP contribution is 2.42. The molecule has 2 aromatic heterocycles. The van der Waals surface area contributed by atoms with Crippen molar-refractivity contribution in [2.75, 3.05) is 0 Å². The number of amides is 1. The first-order valence-corrected chi connectivity index (χ1v) is 6.83. The molecule has 5 heteroatoms. The Morgan fingerprint density at radius 1 is 1.61 bits per heavy atom. The largest absolute Gasteiger partial charge is 0.467 e. The lowest BCUT2D eigenvalue weighted by atomic mass is 10.3. The van der Waals surface area contributed by atoms with Crippen LogP contribution in [-0.4, -0.2) is 10.9 Å². The first-order valence-electron chi connectivity index (χ1n) is 6.02. The number of aromatic nitrogens is 1. The lowest BCUT2D eigenvalue weighted by Gasteiger charge is -2.00. The number of thiazole rings is 1. The molecule has 4 nitrogen and oxygen atoms in total. The van der Waals surface area contributed by atoms with Gasteiger partial charge >= 0.3 is 0 Å². The Hall–Kier alpha value is -1.62.